The number of nitrogens with two attached hydrogens (primary N) is 1. The van der Waals surface area contributed by atoms with Crippen molar-refractivity contribution in [2.45, 2.75) is 25.7 Å². The first-order valence-corrected chi connectivity index (χ1v) is 5.84. The first-order valence-electron chi connectivity index (χ1n) is 5.84. The summed E-state index contributed by atoms with van der Waals surface area (Å²) in [6.45, 7) is 4.88. The minimum absolute atomic E-state index is 0.296. The Balaban J connectivity index is 2.03. The Labute approximate surface area is 96.4 Å². The van der Waals surface area contributed by atoms with Gasteiger partial charge >= 0.3 is 0 Å². The average Bonchev–Trinajstić information content (AvgIpc) is 2.83. The summed E-state index contributed by atoms with van der Waals surface area (Å²) in [6, 6.07) is 4.21. The molecule has 1 aliphatic rings. The van der Waals surface area contributed by atoms with Crippen LogP contribution in [0, 0.1) is 0 Å². The second kappa shape index (κ2) is 5.27. The van der Waals surface area contributed by atoms with Gasteiger partial charge in [-0.05, 0) is 24.5 Å². The molecule has 0 saturated carbocycles. The smallest absolute Gasteiger partial charge is 0.128 e. The van der Waals surface area contributed by atoms with Crippen LogP contribution in [0.25, 0.3) is 0 Å². The Morgan fingerprint density at radius 3 is 2.75 bits per heavy atom. The first kappa shape index (κ1) is 11.4. The maximum absolute atomic E-state index is 5.07. The number of nitrogens with zero attached hydrogens (tertiary/aromatic N) is 2. The molecule has 0 radical (unpaired) electrons. The molecule has 1 aromatic heterocycles. The summed E-state index contributed by atoms with van der Waals surface area (Å²) in [4.78, 5) is 11.5. The lowest BCUT2D eigenvalue weighted by molar-refractivity contribution is 0.126. The number of pyridine rings is 1. The highest BCUT2D eigenvalue weighted by Crippen LogP contribution is 2.20. The highest BCUT2D eigenvalue weighted by atomic mass is 16.6. The van der Waals surface area contributed by atoms with Gasteiger partial charge in [0.1, 0.15) is 5.82 Å². The van der Waals surface area contributed by atoms with E-state index in [1.54, 1.807) is 0 Å². The van der Waals surface area contributed by atoms with Crippen molar-refractivity contribution in [1.82, 2.24) is 4.98 Å². The van der Waals surface area contributed by atoms with Crippen LogP contribution in [0.2, 0.25) is 0 Å². The molecule has 1 aliphatic heterocycles. The minimum atomic E-state index is 0.296. The Morgan fingerprint density at radius 2 is 2.19 bits per heavy atom. The molecule has 1 atom stereocenters. The van der Waals surface area contributed by atoms with Crippen molar-refractivity contribution in [1.29, 1.82) is 0 Å². The van der Waals surface area contributed by atoms with Gasteiger partial charge in [-0.1, -0.05) is 13.0 Å². The number of aromatic nitrogens is 1. The fourth-order valence-electron chi connectivity index (χ4n) is 2.06. The van der Waals surface area contributed by atoms with Gasteiger partial charge in [-0.2, -0.15) is 0 Å². The van der Waals surface area contributed by atoms with E-state index in [4.69, 9.17) is 5.90 Å². The van der Waals surface area contributed by atoms with E-state index in [1.165, 1.54) is 18.4 Å². The molecule has 2 rings (SSSR count). The quantitative estimate of drug-likeness (QED) is 0.786. The first-order chi connectivity index (χ1) is 7.81. The lowest BCUT2D eigenvalue weighted by Crippen LogP contribution is -2.19. The van der Waals surface area contributed by atoms with Crippen LogP contribution in [0.1, 0.15) is 31.2 Å². The lowest BCUT2D eigenvalue weighted by Gasteiger charge is -2.17. The van der Waals surface area contributed by atoms with E-state index >= 15 is 0 Å². The van der Waals surface area contributed by atoms with Gasteiger partial charge in [0.05, 0.1) is 6.61 Å². The third-order valence-corrected chi connectivity index (χ3v) is 3.12. The summed E-state index contributed by atoms with van der Waals surface area (Å²) in [5, 5.41) is 0. The molecule has 1 unspecified atom stereocenters. The topological polar surface area (TPSA) is 51.4 Å². The second-order valence-corrected chi connectivity index (χ2v) is 4.38. The highest BCUT2D eigenvalue weighted by Gasteiger charge is 2.13. The Bertz CT molecular complexity index is 320. The number of hydrogen-bond donors (Lipinski definition) is 1. The van der Waals surface area contributed by atoms with E-state index in [1.807, 2.05) is 6.20 Å². The van der Waals surface area contributed by atoms with Crippen LogP contribution < -0.4 is 10.8 Å². The molecule has 4 nitrogen and oxygen atoms in total. The summed E-state index contributed by atoms with van der Waals surface area (Å²) in [6.07, 6.45) is 4.49. The molecule has 1 saturated heterocycles. The predicted molar refractivity (Wildman–Crippen MR) is 64.2 cm³/mol. The van der Waals surface area contributed by atoms with Gasteiger partial charge in [0.25, 0.3) is 0 Å². The Morgan fingerprint density at radius 1 is 1.44 bits per heavy atom. The molecule has 1 fully saturated rings. The van der Waals surface area contributed by atoms with Crippen molar-refractivity contribution in [2.75, 3.05) is 24.6 Å². The molecule has 4 heteroatoms. The summed E-state index contributed by atoms with van der Waals surface area (Å²) in [5.41, 5.74) is 1.17. The predicted octanol–water partition coefficient (Wildman–Crippen LogP) is 1.68. The van der Waals surface area contributed by atoms with E-state index in [-0.39, 0.29) is 0 Å². The molecule has 2 N–H and O–H groups in total. The molecule has 16 heavy (non-hydrogen) atoms. The van der Waals surface area contributed by atoms with Crippen molar-refractivity contribution in [3.8, 4) is 0 Å². The summed E-state index contributed by atoms with van der Waals surface area (Å²) < 4.78 is 0. The summed E-state index contributed by atoms with van der Waals surface area (Å²) in [5.74, 6) is 6.45. The molecule has 88 valence electrons. The normalized spacial score (nSPS) is 17.8. The van der Waals surface area contributed by atoms with Gasteiger partial charge in [-0.25, -0.2) is 10.9 Å². The van der Waals surface area contributed by atoms with E-state index in [0.717, 1.165) is 18.9 Å². The van der Waals surface area contributed by atoms with E-state index in [9.17, 15) is 0 Å². The number of rotatable bonds is 4. The van der Waals surface area contributed by atoms with Crippen LogP contribution in [-0.2, 0) is 4.84 Å². The van der Waals surface area contributed by atoms with Crippen molar-refractivity contribution < 1.29 is 4.84 Å². The zero-order valence-corrected chi connectivity index (χ0v) is 9.72. The van der Waals surface area contributed by atoms with Gasteiger partial charge in [0.15, 0.2) is 0 Å². The van der Waals surface area contributed by atoms with Crippen molar-refractivity contribution in [3.63, 3.8) is 0 Å². The van der Waals surface area contributed by atoms with E-state index in [0.29, 0.717) is 12.5 Å². The number of hydrogen-bond acceptors (Lipinski definition) is 4. The standard InChI is InChI=1S/C12H19N3O/c1-10(9-16-13)11-4-5-12(14-8-11)15-6-2-3-7-15/h4-5,8,10H,2-3,6-7,9,13H2,1H3. The fourth-order valence-corrected chi connectivity index (χ4v) is 2.06. The van der Waals surface area contributed by atoms with E-state index < -0.39 is 0 Å². The second-order valence-electron chi connectivity index (χ2n) is 4.38. The minimum Gasteiger partial charge on any atom is -0.357 e. The summed E-state index contributed by atoms with van der Waals surface area (Å²) >= 11 is 0. The molecule has 2 heterocycles. The largest absolute Gasteiger partial charge is 0.357 e. The van der Waals surface area contributed by atoms with Crippen LogP contribution in [0.15, 0.2) is 18.3 Å². The Kier molecular flexibility index (Phi) is 3.74. The van der Waals surface area contributed by atoms with Gasteiger partial charge in [-0.3, -0.25) is 0 Å². The molecule has 1 aromatic rings. The van der Waals surface area contributed by atoms with E-state index in [2.05, 4.69) is 33.8 Å². The molecule has 0 aliphatic carbocycles. The van der Waals surface area contributed by atoms with Gasteiger partial charge in [-0.15, -0.1) is 0 Å². The molecule has 0 aromatic carbocycles. The zero-order chi connectivity index (χ0) is 11.4. The third-order valence-electron chi connectivity index (χ3n) is 3.12. The average molecular weight is 221 g/mol. The maximum atomic E-state index is 5.07. The van der Waals surface area contributed by atoms with Gasteiger partial charge in [0, 0.05) is 25.2 Å². The lowest BCUT2D eigenvalue weighted by atomic mass is 10.0. The molecular weight excluding hydrogens is 202 g/mol. The molecule has 0 spiro atoms. The molecule has 0 bridgehead atoms. The maximum Gasteiger partial charge on any atom is 0.128 e. The van der Waals surface area contributed by atoms with Gasteiger partial charge < -0.3 is 9.74 Å². The third kappa shape index (κ3) is 2.51. The van der Waals surface area contributed by atoms with Crippen LogP contribution in [0.3, 0.4) is 0 Å². The van der Waals surface area contributed by atoms with Crippen LogP contribution in [0.5, 0.6) is 0 Å². The van der Waals surface area contributed by atoms with Crippen LogP contribution in [-0.4, -0.2) is 24.7 Å². The fraction of sp³-hybridized carbons (Fsp3) is 0.583. The monoisotopic (exact) mass is 221 g/mol. The highest BCUT2D eigenvalue weighted by molar-refractivity contribution is 5.40. The molecule has 0 amide bonds. The zero-order valence-electron chi connectivity index (χ0n) is 9.72. The SMILES string of the molecule is CC(CON)c1ccc(N2CCCC2)nc1. The molecular formula is C12H19N3O. The number of anilines is 1. The van der Waals surface area contributed by atoms with Gasteiger partial charge in [0.2, 0.25) is 0 Å². The summed E-state index contributed by atoms with van der Waals surface area (Å²) in [7, 11) is 0. The van der Waals surface area contributed by atoms with Crippen LogP contribution >= 0.6 is 0 Å². The van der Waals surface area contributed by atoms with Crippen LogP contribution in [0.4, 0.5) is 5.82 Å². The van der Waals surface area contributed by atoms with Crippen molar-refractivity contribution in [3.05, 3.63) is 23.9 Å². The van der Waals surface area contributed by atoms with Crippen molar-refractivity contribution >= 4 is 5.82 Å². The Hall–Kier alpha value is -1.13. The van der Waals surface area contributed by atoms with Crippen molar-refractivity contribution in [2.24, 2.45) is 5.90 Å².